The Morgan fingerprint density at radius 3 is 2.67 bits per heavy atom. The van der Waals surface area contributed by atoms with Gasteiger partial charge in [0.15, 0.2) is 0 Å². The third-order valence-electron chi connectivity index (χ3n) is 3.19. The average Bonchev–Trinajstić information content (AvgIpc) is 2.93. The molecule has 0 unspecified atom stereocenters. The molecule has 2 amide bonds. The van der Waals surface area contributed by atoms with Crippen LogP contribution in [0.15, 0.2) is 0 Å². The summed E-state index contributed by atoms with van der Waals surface area (Å²) in [4.78, 5) is 37.2. The number of anilines is 1. The van der Waals surface area contributed by atoms with Crippen molar-refractivity contribution in [3.05, 3.63) is 16.0 Å². The van der Waals surface area contributed by atoms with E-state index < -0.39 is 5.97 Å². The van der Waals surface area contributed by atoms with E-state index >= 15 is 0 Å². The average molecular weight is 328 g/mol. The second-order valence-corrected chi connectivity index (χ2v) is 6.80. The molecule has 114 valence electrons. The van der Waals surface area contributed by atoms with Crippen LogP contribution in [0.3, 0.4) is 0 Å². The van der Waals surface area contributed by atoms with E-state index in [-0.39, 0.29) is 23.9 Å². The number of hydrogen-bond acceptors (Lipinski definition) is 5. The van der Waals surface area contributed by atoms with Crippen LogP contribution >= 0.6 is 23.1 Å². The van der Waals surface area contributed by atoms with Gasteiger partial charge in [-0.15, -0.1) is 23.1 Å². The highest BCUT2D eigenvalue weighted by atomic mass is 32.2. The number of nitrogens with zero attached hydrogens (tertiary/aromatic N) is 1. The van der Waals surface area contributed by atoms with Crippen molar-refractivity contribution in [3.63, 3.8) is 0 Å². The zero-order valence-corrected chi connectivity index (χ0v) is 13.4. The van der Waals surface area contributed by atoms with Crippen molar-refractivity contribution >= 4 is 45.9 Å². The van der Waals surface area contributed by atoms with Crippen LogP contribution in [0.1, 0.15) is 27.7 Å². The minimum atomic E-state index is -1.04. The van der Waals surface area contributed by atoms with Gasteiger partial charge in [-0.05, 0) is 18.9 Å². The molecule has 2 rings (SSSR count). The number of carbonyl (C=O) groups is 3. The van der Waals surface area contributed by atoms with Crippen LogP contribution in [0.25, 0.3) is 0 Å². The SMILES string of the molecule is CCc1c(C)sc(NC(=O)CN2CSCC2=O)c1C(=O)O. The first-order valence-electron chi connectivity index (χ1n) is 6.45. The molecule has 0 spiro atoms. The lowest BCUT2D eigenvalue weighted by Crippen LogP contribution is -2.34. The summed E-state index contributed by atoms with van der Waals surface area (Å²) in [5.41, 5.74) is 0.908. The molecule has 2 heterocycles. The summed E-state index contributed by atoms with van der Waals surface area (Å²) in [5.74, 6) is -0.574. The van der Waals surface area contributed by atoms with Crippen molar-refractivity contribution < 1.29 is 19.5 Å². The normalized spacial score (nSPS) is 14.6. The molecule has 1 aromatic rings. The Bertz CT molecular complexity index is 597. The Morgan fingerprint density at radius 1 is 1.43 bits per heavy atom. The number of carbonyl (C=O) groups excluding carboxylic acids is 2. The van der Waals surface area contributed by atoms with Gasteiger partial charge in [-0.2, -0.15) is 0 Å². The minimum Gasteiger partial charge on any atom is -0.478 e. The molecule has 8 heteroatoms. The zero-order chi connectivity index (χ0) is 15.6. The van der Waals surface area contributed by atoms with E-state index in [1.54, 1.807) is 0 Å². The molecule has 0 bridgehead atoms. The van der Waals surface area contributed by atoms with E-state index in [2.05, 4.69) is 5.32 Å². The molecular weight excluding hydrogens is 312 g/mol. The molecule has 0 aliphatic carbocycles. The molecule has 1 saturated heterocycles. The molecular formula is C13H16N2O4S2. The minimum absolute atomic E-state index is 0.0384. The largest absolute Gasteiger partial charge is 0.478 e. The molecule has 21 heavy (non-hydrogen) atoms. The maximum absolute atomic E-state index is 12.0. The third kappa shape index (κ3) is 3.38. The molecule has 2 N–H and O–H groups in total. The second-order valence-electron chi connectivity index (χ2n) is 4.62. The van der Waals surface area contributed by atoms with Gasteiger partial charge in [0.2, 0.25) is 11.8 Å². The Morgan fingerprint density at radius 2 is 2.14 bits per heavy atom. The summed E-state index contributed by atoms with van der Waals surface area (Å²) in [7, 11) is 0. The molecule has 1 aliphatic rings. The summed E-state index contributed by atoms with van der Waals surface area (Å²) in [5, 5.41) is 12.3. The summed E-state index contributed by atoms with van der Waals surface area (Å²) in [6.07, 6.45) is 0.598. The number of thiophene rings is 1. The number of amides is 2. The highest BCUT2D eigenvalue weighted by molar-refractivity contribution is 8.00. The van der Waals surface area contributed by atoms with Crippen molar-refractivity contribution in [1.29, 1.82) is 0 Å². The Balaban J connectivity index is 2.13. The molecule has 0 atom stereocenters. The van der Waals surface area contributed by atoms with Gasteiger partial charge in [0.25, 0.3) is 0 Å². The quantitative estimate of drug-likeness (QED) is 0.860. The van der Waals surface area contributed by atoms with Gasteiger partial charge < -0.3 is 15.3 Å². The van der Waals surface area contributed by atoms with Crippen LogP contribution < -0.4 is 5.32 Å². The first-order chi connectivity index (χ1) is 9.93. The fraction of sp³-hybridized carbons (Fsp3) is 0.462. The number of thioether (sulfide) groups is 1. The van der Waals surface area contributed by atoms with E-state index in [4.69, 9.17) is 0 Å². The standard InChI is InChI=1S/C13H16N2O4S2/c1-3-8-7(2)21-12(11(8)13(18)19)14-9(16)4-15-6-20-5-10(15)17/h3-6H2,1-2H3,(H,14,16)(H,18,19). The first kappa shape index (κ1) is 15.8. The molecule has 0 saturated carbocycles. The van der Waals surface area contributed by atoms with E-state index in [1.807, 2.05) is 13.8 Å². The number of carboxylic acid groups (broad SMARTS) is 1. The van der Waals surface area contributed by atoms with Gasteiger partial charge in [-0.25, -0.2) is 4.79 Å². The Labute approximate surface area is 130 Å². The highest BCUT2D eigenvalue weighted by Gasteiger charge is 2.25. The van der Waals surface area contributed by atoms with Gasteiger partial charge in [0, 0.05) is 4.88 Å². The lowest BCUT2D eigenvalue weighted by Gasteiger charge is -2.13. The number of aryl methyl sites for hydroxylation is 1. The first-order valence-corrected chi connectivity index (χ1v) is 8.42. The molecule has 1 fully saturated rings. The lowest BCUT2D eigenvalue weighted by molar-refractivity contribution is -0.130. The fourth-order valence-electron chi connectivity index (χ4n) is 2.20. The predicted octanol–water partition coefficient (Wildman–Crippen LogP) is 1.79. The molecule has 6 nitrogen and oxygen atoms in total. The van der Waals surface area contributed by atoms with Gasteiger partial charge in [-0.3, -0.25) is 9.59 Å². The van der Waals surface area contributed by atoms with Crippen LogP contribution in [0.2, 0.25) is 0 Å². The smallest absolute Gasteiger partial charge is 0.339 e. The summed E-state index contributed by atoms with van der Waals surface area (Å²) >= 11 is 2.72. The lowest BCUT2D eigenvalue weighted by atomic mass is 10.1. The highest BCUT2D eigenvalue weighted by Crippen LogP contribution is 2.33. The zero-order valence-electron chi connectivity index (χ0n) is 11.8. The van der Waals surface area contributed by atoms with E-state index in [0.717, 1.165) is 10.4 Å². The Hall–Kier alpha value is -1.54. The van der Waals surface area contributed by atoms with Crippen LogP contribution in [-0.4, -0.2) is 46.0 Å². The van der Waals surface area contributed by atoms with Gasteiger partial charge in [-0.1, -0.05) is 6.92 Å². The fourth-order valence-corrected chi connectivity index (χ4v) is 4.26. The summed E-state index contributed by atoms with van der Waals surface area (Å²) in [6, 6.07) is 0. The topological polar surface area (TPSA) is 86.7 Å². The van der Waals surface area contributed by atoms with Crippen molar-refractivity contribution in [3.8, 4) is 0 Å². The predicted molar refractivity (Wildman–Crippen MR) is 83.1 cm³/mol. The number of rotatable bonds is 5. The monoisotopic (exact) mass is 328 g/mol. The van der Waals surface area contributed by atoms with Crippen molar-refractivity contribution in [1.82, 2.24) is 4.90 Å². The van der Waals surface area contributed by atoms with Gasteiger partial charge in [0.05, 0.1) is 17.2 Å². The van der Waals surface area contributed by atoms with Crippen LogP contribution in [0, 0.1) is 6.92 Å². The molecule has 0 radical (unpaired) electrons. The second kappa shape index (κ2) is 6.48. The number of aromatic carboxylic acids is 1. The van der Waals surface area contributed by atoms with Crippen molar-refractivity contribution in [2.24, 2.45) is 0 Å². The number of carboxylic acids is 1. The van der Waals surface area contributed by atoms with Crippen molar-refractivity contribution in [2.75, 3.05) is 23.5 Å². The summed E-state index contributed by atoms with van der Waals surface area (Å²) in [6.45, 7) is 3.68. The van der Waals surface area contributed by atoms with Gasteiger partial charge >= 0.3 is 5.97 Å². The van der Waals surface area contributed by atoms with E-state index in [0.29, 0.717) is 23.1 Å². The van der Waals surface area contributed by atoms with Crippen molar-refractivity contribution in [2.45, 2.75) is 20.3 Å². The van der Waals surface area contributed by atoms with Crippen LogP contribution in [0.5, 0.6) is 0 Å². The molecule has 0 aromatic carbocycles. The van der Waals surface area contributed by atoms with Crippen LogP contribution in [-0.2, 0) is 16.0 Å². The molecule has 1 aliphatic heterocycles. The van der Waals surface area contributed by atoms with E-state index in [9.17, 15) is 19.5 Å². The maximum atomic E-state index is 12.0. The van der Waals surface area contributed by atoms with Crippen LogP contribution in [0.4, 0.5) is 5.00 Å². The molecule has 1 aromatic heterocycles. The van der Waals surface area contributed by atoms with E-state index in [1.165, 1.54) is 28.0 Å². The number of nitrogens with one attached hydrogen (secondary N) is 1. The third-order valence-corrected chi connectivity index (χ3v) is 5.20. The Kier molecular flexibility index (Phi) is 4.89. The summed E-state index contributed by atoms with van der Waals surface area (Å²) < 4.78 is 0. The van der Waals surface area contributed by atoms with Gasteiger partial charge in [0.1, 0.15) is 11.5 Å². The number of hydrogen-bond donors (Lipinski definition) is 2. The maximum Gasteiger partial charge on any atom is 0.339 e.